The van der Waals surface area contributed by atoms with Crippen LogP contribution in [-0.2, 0) is 12.8 Å². The van der Waals surface area contributed by atoms with Gasteiger partial charge in [-0.15, -0.1) is 0 Å². The van der Waals surface area contributed by atoms with Crippen molar-refractivity contribution in [2.75, 3.05) is 21.2 Å². The van der Waals surface area contributed by atoms with E-state index in [2.05, 4.69) is 49.3 Å². The number of hydrogen-bond acceptors (Lipinski definition) is 2. The number of methoxy groups -OCH3 is 1. The van der Waals surface area contributed by atoms with Crippen molar-refractivity contribution in [1.82, 2.24) is 4.90 Å². The van der Waals surface area contributed by atoms with Gasteiger partial charge in [-0.3, -0.25) is 0 Å². The van der Waals surface area contributed by atoms with Crippen LogP contribution in [0.2, 0.25) is 0 Å². The van der Waals surface area contributed by atoms with Crippen LogP contribution in [0.5, 0.6) is 5.75 Å². The summed E-state index contributed by atoms with van der Waals surface area (Å²) in [6, 6.07) is 11.4. The van der Waals surface area contributed by atoms with Crippen LogP contribution in [0, 0.1) is 0 Å². The highest BCUT2D eigenvalue weighted by atomic mass is 16.5. The summed E-state index contributed by atoms with van der Waals surface area (Å²) in [5.41, 5.74) is 2.82. The third kappa shape index (κ3) is 1.68. The van der Waals surface area contributed by atoms with Gasteiger partial charge in [0.15, 0.2) is 0 Å². The molecule has 1 unspecified atom stereocenters. The summed E-state index contributed by atoms with van der Waals surface area (Å²) in [4.78, 5) is 2.31. The third-order valence-electron chi connectivity index (χ3n) is 4.04. The van der Waals surface area contributed by atoms with E-state index in [9.17, 15) is 0 Å². The van der Waals surface area contributed by atoms with Gasteiger partial charge in [0.05, 0.1) is 7.11 Å². The SMILES string of the molecule is COc1ccc2cccc3c2c1CC(N(C)C)C3. The first-order valence-electron chi connectivity index (χ1n) is 6.44. The van der Waals surface area contributed by atoms with E-state index in [1.807, 2.05) is 0 Å². The molecule has 1 atom stereocenters. The summed E-state index contributed by atoms with van der Waals surface area (Å²) >= 11 is 0. The van der Waals surface area contributed by atoms with E-state index in [4.69, 9.17) is 4.74 Å². The van der Waals surface area contributed by atoms with Crippen molar-refractivity contribution in [2.45, 2.75) is 18.9 Å². The van der Waals surface area contributed by atoms with Crippen molar-refractivity contribution in [1.29, 1.82) is 0 Å². The van der Waals surface area contributed by atoms with E-state index >= 15 is 0 Å². The van der Waals surface area contributed by atoms with Crippen LogP contribution < -0.4 is 4.74 Å². The normalized spacial score (nSPS) is 18.3. The van der Waals surface area contributed by atoms with E-state index in [1.165, 1.54) is 21.9 Å². The number of likely N-dealkylation sites (N-methyl/N-ethyl adjacent to an activating group) is 1. The standard InChI is InChI=1S/C16H19NO/c1-17(2)13-9-12-6-4-5-11-7-8-15(18-3)14(10-13)16(11)12/h4-8,13H,9-10H2,1-3H3. The van der Waals surface area contributed by atoms with Gasteiger partial charge in [0, 0.05) is 11.6 Å². The van der Waals surface area contributed by atoms with Gasteiger partial charge in [-0.1, -0.05) is 24.3 Å². The van der Waals surface area contributed by atoms with Crippen molar-refractivity contribution in [2.24, 2.45) is 0 Å². The zero-order valence-electron chi connectivity index (χ0n) is 11.2. The van der Waals surface area contributed by atoms with Crippen LogP contribution in [-0.4, -0.2) is 32.1 Å². The average Bonchev–Trinajstić information content (AvgIpc) is 2.39. The average molecular weight is 241 g/mol. The van der Waals surface area contributed by atoms with E-state index in [0.29, 0.717) is 6.04 Å². The van der Waals surface area contributed by atoms with E-state index < -0.39 is 0 Å². The second-order valence-corrected chi connectivity index (χ2v) is 5.29. The Bertz CT molecular complexity index is 589. The first kappa shape index (κ1) is 11.5. The molecule has 0 spiro atoms. The molecule has 0 fully saturated rings. The lowest BCUT2D eigenvalue weighted by molar-refractivity contribution is 0.284. The van der Waals surface area contributed by atoms with Crippen LogP contribution in [0.4, 0.5) is 0 Å². The maximum absolute atomic E-state index is 5.54. The summed E-state index contributed by atoms with van der Waals surface area (Å²) in [7, 11) is 6.08. The van der Waals surface area contributed by atoms with Crippen LogP contribution >= 0.6 is 0 Å². The predicted octanol–water partition coefficient (Wildman–Crippen LogP) is 2.88. The highest BCUT2D eigenvalue weighted by Crippen LogP contribution is 2.36. The second-order valence-electron chi connectivity index (χ2n) is 5.29. The molecule has 3 rings (SSSR count). The Morgan fingerprint density at radius 3 is 2.67 bits per heavy atom. The van der Waals surface area contributed by atoms with E-state index in [-0.39, 0.29) is 0 Å². The van der Waals surface area contributed by atoms with E-state index in [0.717, 1.165) is 18.6 Å². The van der Waals surface area contributed by atoms with Crippen molar-refractivity contribution in [3.63, 3.8) is 0 Å². The van der Waals surface area contributed by atoms with Crippen molar-refractivity contribution in [3.05, 3.63) is 41.5 Å². The van der Waals surface area contributed by atoms with Gasteiger partial charge in [0.25, 0.3) is 0 Å². The summed E-state index contributed by atoms with van der Waals surface area (Å²) in [5.74, 6) is 1.03. The molecule has 2 aromatic carbocycles. The van der Waals surface area contributed by atoms with Gasteiger partial charge in [-0.05, 0) is 49.3 Å². The molecule has 94 valence electrons. The minimum absolute atomic E-state index is 0.569. The van der Waals surface area contributed by atoms with Crippen LogP contribution in [0.1, 0.15) is 11.1 Å². The third-order valence-corrected chi connectivity index (χ3v) is 4.04. The predicted molar refractivity (Wildman–Crippen MR) is 75.4 cm³/mol. The molecule has 0 N–H and O–H groups in total. The van der Waals surface area contributed by atoms with Gasteiger partial charge in [-0.2, -0.15) is 0 Å². The molecule has 18 heavy (non-hydrogen) atoms. The Hall–Kier alpha value is -1.54. The number of rotatable bonds is 2. The highest BCUT2D eigenvalue weighted by molar-refractivity contribution is 5.91. The molecule has 0 saturated carbocycles. The molecule has 0 saturated heterocycles. The van der Waals surface area contributed by atoms with Crippen molar-refractivity contribution < 1.29 is 4.74 Å². The molecule has 2 heteroatoms. The van der Waals surface area contributed by atoms with Gasteiger partial charge in [0.1, 0.15) is 5.75 Å². The highest BCUT2D eigenvalue weighted by Gasteiger charge is 2.24. The summed E-state index contributed by atoms with van der Waals surface area (Å²) < 4.78 is 5.54. The van der Waals surface area contributed by atoms with Crippen LogP contribution in [0.25, 0.3) is 10.8 Å². The number of nitrogens with zero attached hydrogens (tertiary/aromatic N) is 1. The fourth-order valence-electron chi connectivity index (χ4n) is 3.01. The minimum atomic E-state index is 0.569. The minimum Gasteiger partial charge on any atom is -0.496 e. The van der Waals surface area contributed by atoms with E-state index in [1.54, 1.807) is 7.11 Å². The fraction of sp³-hybridized carbons (Fsp3) is 0.375. The summed E-state index contributed by atoms with van der Waals surface area (Å²) in [6.45, 7) is 0. The van der Waals surface area contributed by atoms with Crippen molar-refractivity contribution in [3.8, 4) is 5.75 Å². The smallest absolute Gasteiger partial charge is 0.122 e. The fourth-order valence-corrected chi connectivity index (χ4v) is 3.01. The quantitative estimate of drug-likeness (QED) is 0.801. The zero-order valence-corrected chi connectivity index (χ0v) is 11.2. The Morgan fingerprint density at radius 2 is 1.94 bits per heavy atom. The van der Waals surface area contributed by atoms with Gasteiger partial charge in [0.2, 0.25) is 0 Å². The molecule has 0 radical (unpaired) electrons. The monoisotopic (exact) mass is 241 g/mol. The molecule has 1 aliphatic rings. The topological polar surface area (TPSA) is 12.5 Å². The number of ether oxygens (including phenoxy) is 1. The van der Waals surface area contributed by atoms with Crippen LogP contribution in [0.3, 0.4) is 0 Å². The van der Waals surface area contributed by atoms with Gasteiger partial charge >= 0.3 is 0 Å². The van der Waals surface area contributed by atoms with Gasteiger partial charge in [-0.25, -0.2) is 0 Å². The molecular weight excluding hydrogens is 222 g/mol. The Labute approximate surface area is 108 Å². The summed E-state index contributed by atoms with van der Waals surface area (Å²) in [6.07, 6.45) is 2.20. The lowest BCUT2D eigenvalue weighted by Gasteiger charge is -2.31. The Balaban J connectivity index is 2.24. The second kappa shape index (κ2) is 4.29. The number of benzene rings is 2. The maximum Gasteiger partial charge on any atom is 0.122 e. The number of hydrogen-bond donors (Lipinski definition) is 0. The Morgan fingerprint density at radius 1 is 1.11 bits per heavy atom. The maximum atomic E-state index is 5.54. The molecule has 0 amide bonds. The molecule has 0 aromatic heterocycles. The van der Waals surface area contributed by atoms with Crippen LogP contribution in [0.15, 0.2) is 30.3 Å². The molecule has 0 aliphatic heterocycles. The largest absolute Gasteiger partial charge is 0.496 e. The first-order valence-corrected chi connectivity index (χ1v) is 6.44. The lowest BCUT2D eigenvalue weighted by atomic mass is 9.85. The molecule has 2 nitrogen and oxygen atoms in total. The summed E-state index contributed by atoms with van der Waals surface area (Å²) in [5, 5.41) is 2.75. The molecule has 2 aromatic rings. The lowest BCUT2D eigenvalue weighted by Crippen LogP contribution is -2.34. The molecule has 0 bridgehead atoms. The molecule has 1 aliphatic carbocycles. The van der Waals surface area contributed by atoms with Gasteiger partial charge < -0.3 is 9.64 Å². The molecule has 0 heterocycles. The zero-order chi connectivity index (χ0) is 12.7. The first-order chi connectivity index (χ1) is 8.70. The van der Waals surface area contributed by atoms with Crippen molar-refractivity contribution >= 4 is 10.8 Å². The Kier molecular flexibility index (Phi) is 2.75. The molecular formula is C16H19NO.